The van der Waals surface area contributed by atoms with Gasteiger partial charge in [0.05, 0.1) is 6.61 Å². The van der Waals surface area contributed by atoms with Crippen molar-refractivity contribution in [3.05, 3.63) is 12.2 Å². The highest BCUT2D eigenvalue weighted by atomic mass is 16.6. The van der Waals surface area contributed by atoms with Gasteiger partial charge in [-0.1, -0.05) is 12.8 Å². The summed E-state index contributed by atoms with van der Waals surface area (Å²) in [7, 11) is 0. The van der Waals surface area contributed by atoms with Crippen LogP contribution in [-0.4, -0.2) is 66.3 Å². The van der Waals surface area contributed by atoms with E-state index in [9.17, 15) is 15.3 Å². The van der Waals surface area contributed by atoms with Gasteiger partial charge in [0.2, 0.25) is 5.85 Å². The van der Waals surface area contributed by atoms with Crippen molar-refractivity contribution >= 4 is 17.0 Å². The lowest BCUT2D eigenvalue weighted by Gasteiger charge is -2.30. The Kier molecular flexibility index (Phi) is 5.89. The molecule has 150 valence electrons. The first-order valence-electron chi connectivity index (χ1n) is 9.06. The molecule has 0 radical (unpaired) electrons. The van der Waals surface area contributed by atoms with E-state index < -0.39 is 30.8 Å². The minimum Gasteiger partial charge on any atom is -0.394 e. The van der Waals surface area contributed by atoms with Crippen LogP contribution in [0.1, 0.15) is 31.5 Å². The molecule has 27 heavy (non-hydrogen) atoms. The number of aromatic nitrogens is 4. The Bertz CT molecular complexity index is 785. The minimum atomic E-state index is -1.84. The predicted octanol–water partition coefficient (Wildman–Crippen LogP) is -1.85. The third-order valence-electron chi connectivity index (χ3n) is 4.89. The SMILES string of the molecule is NCCCCCCc1nc2c(N)ncnc2n1[C@]1(N)O[C@H](CO)[C@@H](O)[C@H]1O. The summed E-state index contributed by atoms with van der Waals surface area (Å²) in [6.07, 6.45) is 1.64. The van der Waals surface area contributed by atoms with E-state index in [1.807, 2.05) is 0 Å². The maximum atomic E-state index is 10.5. The van der Waals surface area contributed by atoms with E-state index in [0.717, 1.165) is 25.7 Å². The van der Waals surface area contributed by atoms with Crippen molar-refractivity contribution in [2.45, 2.75) is 56.3 Å². The van der Waals surface area contributed by atoms with Crippen molar-refractivity contribution in [2.24, 2.45) is 11.5 Å². The van der Waals surface area contributed by atoms with Crippen LogP contribution in [-0.2, 0) is 17.0 Å². The Balaban J connectivity index is 1.99. The van der Waals surface area contributed by atoms with E-state index in [2.05, 4.69) is 15.0 Å². The number of nitrogens with zero attached hydrogens (tertiary/aromatic N) is 4. The quantitative estimate of drug-likeness (QED) is 0.283. The van der Waals surface area contributed by atoms with E-state index in [-0.39, 0.29) is 5.82 Å². The molecule has 0 amide bonds. The predicted molar refractivity (Wildman–Crippen MR) is 97.1 cm³/mol. The van der Waals surface area contributed by atoms with Gasteiger partial charge in [0.25, 0.3) is 0 Å². The zero-order valence-corrected chi connectivity index (χ0v) is 15.0. The molecule has 0 bridgehead atoms. The molecule has 1 aliphatic rings. The summed E-state index contributed by atoms with van der Waals surface area (Å²) in [5.74, 6) is -1.15. The van der Waals surface area contributed by atoms with Crippen molar-refractivity contribution in [3.8, 4) is 0 Å². The summed E-state index contributed by atoms with van der Waals surface area (Å²) in [5, 5.41) is 30.1. The van der Waals surface area contributed by atoms with Gasteiger partial charge in [-0.25, -0.2) is 15.0 Å². The topological polar surface area (TPSA) is 192 Å². The number of anilines is 1. The van der Waals surface area contributed by atoms with Crippen molar-refractivity contribution < 1.29 is 20.1 Å². The first-order chi connectivity index (χ1) is 12.9. The van der Waals surface area contributed by atoms with Gasteiger partial charge in [-0.3, -0.25) is 10.3 Å². The van der Waals surface area contributed by atoms with Crippen molar-refractivity contribution in [3.63, 3.8) is 0 Å². The number of fused-ring (bicyclic) bond motifs is 1. The van der Waals surface area contributed by atoms with Crippen molar-refractivity contribution in [1.29, 1.82) is 0 Å². The zero-order valence-electron chi connectivity index (χ0n) is 15.0. The average molecular weight is 381 g/mol. The van der Waals surface area contributed by atoms with Crippen LogP contribution >= 0.6 is 0 Å². The van der Waals surface area contributed by atoms with E-state index in [0.29, 0.717) is 30.0 Å². The number of aliphatic hydroxyl groups is 3. The first-order valence-corrected chi connectivity index (χ1v) is 9.06. The molecule has 1 fully saturated rings. The Morgan fingerprint density at radius 2 is 1.93 bits per heavy atom. The maximum Gasteiger partial charge on any atom is 0.232 e. The Morgan fingerprint density at radius 3 is 2.59 bits per heavy atom. The fraction of sp³-hybridized carbons (Fsp3) is 0.688. The Morgan fingerprint density at radius 1 is 1.19 bits per heavy atom. The molecule has 11 heteroatoms. The highest BCUT2D eigenvalue weighted by Gasteiger charge is 2.54. The van der Waals surface area contributed by atoms with Gasteiger partial charge in [0, 0.05) is 6.42 Å². The molecule has 9 N–H and O–H groups in total. The standard InChI is InChI=1S/C16H27N7O4/c17-6-4-2-1-3-5-10-22-11-14(18)20-8-21-15(11)23(10)16(19)13(26)12(25)9(7-24)27-16/h8-9,12-13,24-26H,1-7,17,19H2,(H2,18,20,21)/t9-,12-,13-,16+/m1/s1. The molecule has 0 unspecified atom stereocenters. The number of aryl methyl sites for hydroxylation is 1. The summed E-state index contributed by atoms with van der Waals surface area (Å²) < 4.78 is 7.08. The van der Waals surface area contributed by atoms with Crippen LogP contribution in [0.3, 0.4) is 0 Å². The van der Waals surface area contributed by atoms with Crippen molar-refractivity contribution in [2.75, 3.05) is 18.9 Å². The number of nitrogens with two attached hydrogens (primary N) is 3. The average Bonchev–Trinajstić information content (AvgIpc) is 3.14. The van der Waals surface area contributed by atoms with Gasteiger partial charge in [-0.15, -0.1) is 0 Å². The molecule has 2 aromatic rings. The van der Waals surface area contributed by atoms with E-state index in [1.54, 1.807) is 0 Å². The summed E-state index contributed by atoms with van der Waals surface area (Å²) in [4.78, 5) is 12.6. The van der Waals surface area contributed by atoms with Crippen LogP contribution in [0.5, 0.6) is 0 Å². The molecule has 3 heterocycles. The van der Waals surface area contributed by atoms with E-state index in [1.165, 1.54) is 10.9 Å². The molecule has 4 atom stereocenters. The molecule has 0 aliphatic carbocycles. The van der Waals surface area contributed by atoms with Crippen LogP contribution in [0.4, 0.5) is 5.82 Å². The zero-order chi connectivity index (χ0) is 19.6. The monoisotopic (exact) mass is 381 g/mol. The Labute approximate surface area is 156 Å². The number of ether oxygens (including phenoxy) is 1. The number of hydrogen-bond acceptors (Lipinski definition) is 10. The molecular weight excluding hydrogens is 354 g/mol. The normalized spacial score (nSPS) is 28.3. The fourth-order valence-corrected chi connectivity index (χ4v) is 3.43. The number of unbranched alkanes of at least 4 members (excludes halogenated alkanes) is 3. The lowest BCUT2D eigenvalue weighted by Crippen LogP contribution is -2.53. The van der Waals surface area contributed by atoms with Crippen LogP contribution in [0, 0.1) is 0 Å². The second kappa shape index (κ2) is 8.00. The van der Waals surface area contributed by atoms with Crippen molar-refractivity contribution in [1.82, 2.24) is 19.5 Å². The van der Waals surface area contributed by atoms with Gasteiger partial charge >= 0.3 is 0 Å². The first kappa shape index (κ1) is 19.9. The van der Waals surface area contributed by atoms with Crippen LogP contribution in [0.2, 0.25) is 0 Å². The molecule has 1 saturated heterocycles. The molecule has 3 rings (SSSR count). The van der Waals surface area contributed by atoms with Crippen LogP contribution in [0.25, 0.3) is 11.2 Å². The smallest absolute Gasteiger partial charge is 0.232 e. The number of nitrogen functional groups attached to an aromatic ring is 1. The number of rotatable bonds is 8. The number of hydrogen-bond donors (Lipinski definition) is 6. The number of imidazole rings is 1. The second-order valence-corrected chi connectivity index (χ2v) is 6.77. The molecule has 11 nitrogen and oxygen atoms in total. The fourth-order valence-electron chi connectivity index (χ4n) is 3.43. The molecule has 0 saturated carbocycles. The molecule has 2 aromatic heterocycles. The third-order valence-corrected chi connectivity index (χ3v) is 4.89. The van der Waals surface area contributed by atoms with Crippen LogP contribution in [0.15, 0.2) is 6.33 Å². The van der Waals surface area contributed by atoms with Gasteiger partial charge in [0.15, 0.2) is 17.0 Å². The second-order valence-electron chi connectivity index (χ2n) is 6.77. The molecular formula is C16H27N7O4. The summed E-state index contributed by atoms with van der Waals surface area (Å²) in [6, 6.07) is 0. The lowest BCUT2D eigenvalue weighted by molar-refractivity contribution is -0.142. The molecule has 1 aliphatic heterocycles. The number of aliphatic hydroxyl groups excluding tert-OH is 3. The maximum absolute atomic E-state index is 10.5. The lowest BCUT2D eigenvalue weighted by atomic mass is 10.1. The van der Waals surface area contributed by atoms with E-state index in [4.69, 9.17) is 21.9 Å². The Hall–Kier alpha value is -1.89. The highest BCUT2D eigenvalue weighted by Crippen LogP contribution is 2.35. The van der Waals surface area contributed by atoms with Gasteiger partial charge in [-0.05, 0) is 19.4 Å². The minimum absolute atomic E-state index is 0.179. The summed E-state index contributed by atoms with van der Waals surface area (Å²) in [5.41, 5.74) is 18.4. The van der Waals surface area contributed by atoms with Gasteiger partial charge in [-0.2, -0.15) is 0 Å². The molecule has 0 spiro atoms. The highest BCUT2D eigenvalue weighted by molar-refractivity contribution is 5.82. The molecule has 0 aromatic carbocycles. The third kappa shape index (κ3) is 3.49. The summed E-state index contributed by atoms with van der Waals surface area (Å²) >= 11 is 0. The van der Waals surface area contributed by atoms with E-state index >= 15 is 0 Å². The van der Waals surface area contributed by atoms with Gasteiger partial charge in [0.1, 0.15) is 30.5 Å². The van der Waals surface area contributed by atoms with Gasteiger partial charge < -0.3 is 31.5 Å². The summed E-state index contributed by atoms with van der Waals surface area (Å²) in [6.45, 7) is 0.159. The van der Waals surface area contributed by atoms with Crippen LogP contribution < -0.4 is 17.2 Å². The largest absolute Gasteiger partial charge is 0.394 e.